The van der Waals surface area contributed by atoms with Gasteiger partial charge in [-0.2, -0.15) is 26.3 Å². The molecule has 2 N–H and O–H groups in total. The van der Waals surface area contributed by atoms with E-state index < -0.39 is 48.5 Å². The van der Waals surface area contributed by atoms with Crippen LogP contribution in [-0.2, 0) is 23.8 Å². The zero-order chi connectivity index (χ0) is 34.6. The van der Waals surface area contributed by atoms with Crippen LogP contribution < -0.4 is 0 Å². The van der Waals surface area contributed by atoms with Crippen LogP contribution in [0.1, 0.15) is 92.6 Å². The van der Waals surface area contributed by atoms with E-state index >= 15 is 0 Å². The second kappa shape index (κ2) is 17.4. The third kappa shape index (κ3) is 12.9. The van der Waals surface area contributed by atoms with Crippen LogP contribution in [0.5, 0.6) is 0 Å². The summed E-state index contributed by atoms with van der Waals surface area (Å²) in [7, 11) is 0. The van der Waals surface area contributed by atoms with E-state index in [9.17, 15) is 35.9 Å². The topological polar surface area (TPSA) is 106 Å². The lowest BCUT2D eigenvalue weighted by Crippen LogP contribution is -2.58. The first-order valence-corrected chi connectivity index (χ1v) is 14.6. The maximum Gasteiger partial charge on any atom is 0.426 e. The highest BCUT2D eigenvalue weighted by Gasteiger charge is 2.70. The Bertz CT molecular complexity index is 973. The Hall–Kier alpha value is -2.38. The largest absolute Gasteiger partial charge is 0.462 e. The number of halogens is 6. The van der Waals surface area contributed by atoms with E-state index in [0.717, 1.165) is 20.0 Å². The minimum atomic E-state index is -5.98. The summed E-state index contributed by atoms with van der Waals surface area (Å²) in [5, 5.41) is 18.0. The van der Waals surface area contributed by atoms with E-state index in [2.05, 4.69) is 48.9 Å². The van der Waals surface area contributed by atoms with Crippen LogP contribution in [0.2, 0.25) is 0 Å². The molecule has 7 nitrogen and oxygen atoms in total. The molecule has 0 aromatic heterocycles. The van der Waals surface area contributed by atoms with Crippen molar-refractivity contribution in [2.75, 3.05) is 19.8 Å². The van der Waals surface area contributed by atoms with Crippen molar-refractivity contribution in [1.29, 1.82) is 0 Å². The molecule has 0 bridgehead atoms. The molecule has 1 aliphatic heterocycles. The number of epoxide rings is 1. The number of ether oxygens (including phenoxy) is 3. The Balaban J connectivity index is 0.000000698. The third-order valence-electron chi connectivity index (χ3n) is 7.67. The van der Waals surface area contributed by atoms with Gasteiger partial charge in [-0.05, 0) is 58.4 Å². The highest BCUT2D eigenvalue weighted by atomic mass is 19.4. The molecule has 2 rings (SSSR count). The van der Waals surface area contributed by atoms with Crippen molar-refractivity contribution < 1.29 is 60.4 Å². The van der Waals surface area contributed by atoms with Crippen molar-refractivity contribution in [2.24, 2.45) is 10.8 Å². The lowest BCUT2D eigenvalue weighted by Gasteiger charge is -2.34. The van der Waals surface area contributed by atoms with Crippen molar-refractivity contribution in [3.05, 3.63) is 35.9 Å². The predicted octanol–water partition coefficient (Wildman–Crippen LogP) is 7.14. The molecule has 0 saturated carbocycles. The van der Waals surface area contributed by atoms with Gasteiger partial charge in [0.05, 0.1) is 24.0 Å². The molecule has 1 fully saturated rings. The number of rotatable bonds is 12. The molecule has 1 aliphatic rings. The summed E-state index contributed by atoms with van der Waals surface area (Å²) in [5.74, 6) is -0.557. The van der Waals surface area contributed by atoms with E-state index in [0.29, 0.717) is 12.5 Å². The second-order valence-electron chi connectivity index (χ2n) is 11.9. The lowest BCUT2D eigenvalue weighted by molar-refractivity contribution is -0.373. The number of alkyl halides is 6. The van der Waals surface area contributed by atoms with Gasteiger partial charge >= 0.3 is 24.3 Å². The van der Waals surface area contributed by atoms with Crippen molar-refractivity contribution in [2.45, 2.75) is 117 Å². The first kappa shape index (κ1) is 41.6. The Morgan fingerprint density at radius 2 is 1.43 bits per heavy atom. The van der Waals surface area contributed by atoms with E-state index in [1.165, 1.54) is 25.8 Å². The summed E-state index contributed by atoms with van der Waals surface area (Å²) in [5.41, 5.74) is -5.33. The summed E-state index contributed by atoms with van der Waals surface area (Å²) in [6, 6.07) is 10.6. The molecule has 1 aromatic rings. The first-order valence-electron chi connectivity index (χ1n) is 14.6. The van der Waals surface area contributed by atoms with Gasteiger partial charge in [-0.3, -0.25) is 9.59 Å². The van der Waals surface area contributed by atoms with Gasteiger partial charge in [0.15, 0.2) is 0 Å². The zero-order valence-corrected chi connectivity index (χ0v) is 26.8. The summed E-state index contributed by atoms with van der Waals surface area (Å²) in [6.45, 7) is 14.3. The van der Waals surface area contributed by atoms with Crippen molar-refractivity contribution in [3.8, 4) is 0 Å². The average Bonchev–Trinajstić information content (AvgIpc) is 3.79. The van der Waals surface area contributed by atoms with E-state index in [1.54, 1.807) is 0 Å². The molecule has 0 radical (unpaired) electrons. The van der Waals surface area contributed by atoms with Gasteiger partial charge in [0.1, 0.15) is 18.8 Å². The molecule has 44 heavy (non-hydrogen) atoms. The molecule has 1 aromatic carbocycles. The fraction of sp³-hybridized carbons (Fsp3) is 0.742. The maximum absolute atomic E-state index is 12.5. The standard InChI is InChI=1S/C12H18F6O4.C10H14.C9H16O3/c1-4-9(3,6-19)8(20)22-7(2)5-10(21,11(13,14)15)12(16,17)18;1-3-9(2)10-7-5-4-6-8-10;1-4-9(2,3)8(10)12-6-7-5-11-7/h7,19,21H,4-6H2,1-3H3;4-9H,3H2,1-2H3;7H,4-6H2,1-3H3. The summed E-state index contributed by atoms with van der Waals surface area (Å²) < 4.78 is 89.6. The molecule has 0 spiro atoms. The number of carbonyl (C=O) groups is 2. The van der Waals surface area contributed by atoms with Gasteiger partial charge in [0.2, 0.25) is 0 Å². The first-order chi connectivity index (χ1) is 20.0. The normalized spacial score (nSPS) is 17.9. The number of aliphatic hydroxyl groups excluding tert-OH is 1. The molecular weight excluding hydrogens is 598 g/mol. The Labute approximate surface area is 256 Å². The number of carbonyl (C=O) groups excluding carboxylic acids is 2. The zero-order valence-electron chi connectivity index (χ0n) is 26.8. The van der Waals surface area contributed by atoms with Gasteiger partial charge in [-0.25, -0.2) is 0 Å². The summed E-state index contributed by atoms with van der Waals surface area (Å²) in [6.07, 6.45) is -13.4. The molecule has 13 heteroatoms. The van der Waals surface area contributed by atoms with Gasteiger partial charge in [-0.1, -0.05) is 58.0 Å². The molecule has 0 aliphatic carbocycles. The fourth-order valence-corrected chi connectivity index (χ4v) is 3.19. The van der Waals surface area contributed by atoms with Gasteiger partial charge in [-0.15, -0.1) is 0 Å². The van der Waals surface area contributed by atoms with E-state index in [1.807, 2.05) is 20.8 Å². The number of hydrogen-bond acceptors (Lipinski definition) is 7. The summed E-state index contributed by atoms with van der Waals surface area (Å²) >= 11 is 0. The SMILES string of the molecule is CCC(C)(C)C(=O)OCC1CO1.CCC(C)(CO)C(=O)OC(C)CC(O)(C(F)(F)F)C(F)(F)F.CCC(C)c1ccccc1. The van der Waals surface area contributed by atoms with Gasteiger partial charge < -0.3 is 24.4 Å². The minimum Gasteiger partial charge on any atom is -0.462 e. The maximum atomic E-state index is 12.5. The van der Waals surface area contributed by atoms with Crippen LogP contribution in [0.15, 0.2) is 30.3 Å². The molecular formula is C31H48F6O7. The van der Waals surface area contributed by atoms with E-state index in [4.69, 9.17) is 19.7 Å². The Morgan fingerprint density at radius 1 is 0.932 bits per heavy atom. The quantitative estimate of drug-likeness (QED) is 0.141. The molecule has 1 saturated heterocycles. The summed E-state index contributed by atoms with van der Waals surface area (Å²) in [4.78, 5) is 23.0. The lowest BCUT2D eigenvalue weighted by atomic mass is 9.88. The number of benzene rings is 1. The van der Waals surface area contributed by atoms with Gasteiger partial charge in [0, 0.05) is 6.42 Å². The third-order valence-corrected chi connectivity index (χ3v) is 7.67. The monoisotopic (exact) mass is 646 g/mol. The smallest absolute Gasteiger partial charge is 0.426 e. The Kier molecular flexibility index (Phi) is 16.4. The van der Waals surface area contributed by atoms with Crippen molar-refractivity contribution in [1.82, 2.24) is 0 Å². The molecule has 1 heterocycles. The van der Waals surface area contributed by atoms with Crippen LogP contribution in [0.4, 0.5) is 26.3 Å². The van der Waals surface area contributed by atoms with Crippen LogP contribution in [0.25, 0.3) is 0 Å². The molecule has 256 valence electrons. The van der Waals surface area contributed by atoms with Crippen molar-refractivity contribution >= 4 is 11.9 Å². The fourth-order valence-electron chi connectivity index (χ4n) is 3.19. The number of hydrogen-bond donors (Lipinski definition) is 2. The molecule has 4 unspecified atom stereocenters. The van der Waals surface area contributed by atoms with Crippen LogP contribution in [-0.4, -0.2) is 72.1 Å². The van der Waals surface area contributed by atoms with Crippen LogP contribution >= 0.6 is 0 Å². The number of esters is 2. The van der Waals surface area contributed by atoms with Gasteiger partial charge in [0.25, 0.3) is 5.60 Å². The predicted molar refractivity (Wildman–Crippen MR) is 153 cm³/mol. The average molecular weight is 647 g/mol. The second-order valence-corrected chi connectivity index (χ2v) is 11.9. The van der Waals surface area contributed by atoms with E-state index in [-0.39, 0.29) is 23.9 Å². The number of aliphatic hydroxyl groups is 2. The molecule has 0 amide bonds. The van der Waals surface area contributed by atoms with Crippen molar-refractivity contribution in [3.63, 3.8) is 0 Å². The van der Waals surface area contributed by atoms with Crippen LogP contribution in [0.3, 0.4) is 0 Å². The highest BCUT2D eigenvalue weighted by molar-refractivity contribution is 5.76. The van der Waals surface area contributed by atoms with Crippen LogP contribution in [0, 0.1) is 10.8 Å². The minimum absolute atomic E-state index is 0.0673. The Morgan fingerprint density at radius 3 is 1.80 bits per heavy atom. The highest BCUT2D eigenvalue weighted by Crippen LogP contribution is 2.46. The molecule has 4 atom stereocenters.